The Balaban J connectivity index is 1.67. The second kappa shape index (κ2) is 9.81. The fraction of sp³-hybridized carbons (Fsp3) is 0.480. The third-order valence-corrected chi connectivity index (χ3v) is 6.80. The van der Waals surface area contributed by atoms with E-state index in [1.54, 1.807) is 0 Å². The topological polar surface area (TPSA) is 32.8 Å². The number of rotatable bonds is 3. The molecule has 0 bridgehead atoms. The lowest BCUT2D eigenvalue weighted by Crippen LogP contribution is -2.54. The number of halogens is 6. The summed E-state index contributed by atoms with van der Waals surface area (Å²) in [6, 6.07) is 8.84. The third-order valence-electron chi connectivity index (χ3n) is 6.80. The van der Waals surface area contributed by atoms with Crippen LogP contribution in [-0.2, 0) is 17.1 Å². The molecule has 0 spiro atoms. The number of alkyl halides is 6. The summed E-state index contributed by atoms with van der Waals surface area (Å²) in [7, 11) is 0. The highest BCUT2D eigenvalue weighted by atomic mass is 19.4. The number of hydrogen-bond acceptors (Lipinski definition) is 3. The van der Waals surface area contributed by atoms with Crippen LogP contribution in [0.4, 0.5) is 26.3 Å². The van der Waals surface area contributed by atoms with E-state index in [1.165, 1.54) is 4.90 Å². The van der Waals surface area contributed by atoms with Gasteiger partial charge in [-0.2, -0.15) is 26.3 Å². The minimum atomic E-state index is -5.01. The predicted octanol–water partition coefficient (Wildman–Crippen LogP) is 5.36. The van der Waals surface area contributed by atoms with Crippen LogP contribution in [0.2, 0.25) is 0 Å². The summed E-state index contributed by atoms with van der Waals surface area (Å²) in [6.45, 7) is 5.01. The number of morpholine rings is 1. The molecule has 2 aromatic rings. The average Bonchev–Trinajstić information content (AvgIpc) is 2.83. The van der Waals surface area contributed by atoms with E-state index >= 15 is 0 Å². The van der Waals surface area contributed by atoms with Crippen molar-refractivity contribution in [3.05, 3.63) is 70.3 Å². The zero-order valence-corrected chi connectivity index (χ0v) is 19.1. The molecule has 1 amide bonds. The third kappa shape index (κ3) is 5.64. The van der Waals surface area contributed by atoms with Crippen molar-refractivity contribution >= 4 is 5.91 Å². The molecule has 4 nitrogen and oxygen atoms in total. The lowest BCUT2D eigenvalue weighted by Gasteiger charge is -2.45. The minimum absolute atomic E-state index is 0.0393. The SMILES string of the molecule is Cc1ccccc1[C@@H]1CN(C(=O)c2cc(C(F)(F)F)cc(C(F)(F)F)c2)CC[C@@H]1N1CCOCC1. The number of carbonyl (C=O) groups excluding carboxylic acids is 1. The summed E-state index contributed by atoms with van der Waals surface area (Å²) in [4.78, 5) is 16.9. The molecular weight excluding hydrogens is 474 g/mol. The van der Waals surface area contributed by atoms with Gasteiger partial charge in [0.2, 0.25) is 0 Å². The van der Waals surface area contributed by atoms with E-state index in [2.05, 4.69) is 4.90 Å². The van der Waals surface area contributed by atoms with Gasteiger partial charge in [0.05, 0.1) is 24.3 Å². The Morgan fingerprint density at radius 3 is 2.09 bits per heavy atom. The first-order valence-corrected chi connectivity index (χ1v) is 11.4. The molecule has 0 radical (unpaired) electrons. The van der Waals surface area contributed by atoms with Crippen molar-refractivity contribution in [1.82, 2.24) is 9.80 Å². The summed E-state index contributed by atoms with van der Waals surface area (Å²) in [5.74, 6) is -0.972. The van der Waals surface area contributed by atoms with E-state index in [-0.39, 0.29) is 31.1 Å². The van der Waals surface area contributed by atoms with E-state index in [4.69, 9.17) is 4.74 Å². The van der Waals surface area contributed by atoms with E-state index in [0.717, 1.165) is 24.2 Å². The molecule has 0 N–H and O–H groups in total. The first kappa shape index (κ1) is 25.5. The largest absolute Gasteiger partial charge is 0.416 e. The molecule has 2 aliphatic heterocycles. The molecule has 4 rings (SSSR count). The summed E-state index contributed by atoms with van der Waals surface area (Å²) < 4.78 is 85.4. The highest BCUT2D eigenvalue weighted by Crippen LogP contribution is 2.38. The molecule has 10 heteroatoms. The van der Waals surface area contributed by atoms with E-state index < -0.39 is 35.0 Å². The molecule has 190 valence electrons. The Bertz CT molecular complexity index is 1030. The number of aryl methyl sites for hydroxylation is 1. The van der Waals surface area contributed by atoms with Crippen LogP contribution in [0, 0.1) is 6.92 Å². The number of nitrogens with zero attached hydrogens (tertiary/aromatic N) is 2. The minimum Gasteiger partial charge on any atom is -0.379 e. The number of amides is 1. The fourth-order valence-corrected chi connectivity index (χ4v) is 5.04. The van der Waals surface area contributed by atoms with Gasteiger partial charge in [0, 0.05) is 43.7 Å². The molecule has 0 aliphatic carbocycles. The van der Waals surface area contributed by atoms with Crippen molar-refractivity contribution < 1.29 is 35.9 Å². The normalized spacial score (nSPS) is 22.3. The number of benzene rings is 2. The van der Waals surface area contributed by atoms with Crippen LogP contribution >= 0.6 is 0 Å². The molecular formula is C25H26F6N2O2. The van der Waals surface area contributed by atoms with Crippen molar-refractivity contribution in [2.45, 2.75) is 37.7 Å². The Morgan fingerprint density at radius 2 is 1.51 bits per heavy atom. The number of ether oxygens (including phenoxy) is 1. The number of carbonyl (C=O) groups is 1. The molecule has 2 aliphatic rings. The second-order valence-corrected chi connectivity index (χ2v) is 9.01. The van der Waals surface area contributed by atoms with Crippen molar-refractivity contribution in [3.63, 3.8) is 0 Å². The fourth-order valence-electron chi connectivity index (χ4n) is 5.04. The van der Waals surface area contributed by atoms with Gasteiger partial charge in [-0.05, 0) is 42.7 Å². The lowest BCUT2D eigenvalue weighted by atomic mass is 9.82. The Hall–Kier alpha value is -2.59. The molecule has 0 aromatic heterocycles. The summed E-state index contributed by atoms with van der Waals surface area (Å²) in [5.41, 5.74) is -1.56. The van der Waals surface area contributed by atoms with Gasteiger partial charge in [0.1, 0.15) is 0 Å². The number of hydrogen-bond donors (Lipinski definition) is 0. The number of piperidine rings is 1. The zero-order valence-electron chi connectivity index (χ0n) is 19.1. The maximum atomic E-state index is 13.3. The summed E-state index contributed by atoms with van der Waals surface area (Å²) in [5, 5.41) is 0. The van der Waals surface area contributed by atoms with Gasteiger partial charge in [-0.1, -0.05) is 24.3 Å². The van der Waals surface area contributed by atoms with Crippen LogP contribution in [0.25, 0.3) is 0 Å². The Kier molecular flexibility index (Phi) is 7.15. The van der Waals surface area contributed by atoms with Crippen molar-refractivity contribution in [3.8, 4) is 0 Å². The number of likely N-dealkylation sites (tertiary alicyclic amines) is 1. The standard InChI is InChI=1S/C25H26F6N2O2/c1-16-4-2-3-5-20(16)21-15-33(7-6-22(21)32-8-10-35-11-9-32)23(34)17-12-18(24(26,27)28)14-19(13-17)25(29,30)31/h2-5,12-14,21-22H,6-11,15H2,1H3/t21-,22-/m0/s1. The molecule has 2 aromatic carbocycles. The van der Waals surface area contributed by atoms with E-state index in [9.17, 15) is 31.1 Å². The quantitative estimate of drug-likeness (QED) is 0.532. The van der Waals surface area contributed by atoms with Gasteiger partial charge in [0.15, 0.2) is 0 Å². The van der Waals surface area contributed by atoms with Crippen LogP contribution in [0.3, 0.4) is 0 Å². The highest BCUT2D eigenvalue weighted by molar-refractivity contribution is 5.95. The van der Waals surface area contributed by atoms with Gasteiger partial charge in [-0.15, -0.1) is 0 Å². The van der Waals surface area contributed by atoms with Gasteiger partial charge in [0.25, 0.3) is 5.91 Å². The molecule has 35 heavy (non-hydrogen) atoms. The Morgan fingerprint density at radius 1 is 0.914 bits per heavy atom. The van der Waals surface area contributed by atoms with E-state index in [1.807, 2.05) is 31.2 Å². The van der Waals surface area contributed by atoms with Crippen LogP contribution in [0.1, 0.15) is 45.0 Å². The maximum absolute atomic E-state index is 13.3. The van der Waals surface area contributed by atoms with Gasteiger partial charge >= 0.3 is 12.4 Å². The molecule has 0 saturated carbocycles. The molecule has 2 saturated heterocycles. The molecule has 2 fully saturated rings. The van der Waals surface area contributed by atoms with Crippen LogP contribution in [0.5, 0.6) is 0 Å². The summed E-state index contributed by atoms with van der Waals surface area (Å²) >= 11 is 0. The monoisotopic (exact) mass is 500 g/mol. The van der Waals surface area contributed by atoms with Crippen molar-refractivity contribution in [2.24, 2.45) is 0 Å². The maximum Gasteiger partial charge on any atom is 0.416 e. The summed E-state index contributed by atoms with van der Waals surface area (Å²) in [6.07, 6.45) is -9.47. The second-order valence-electron chi connectivity index (χ2n) is 9.01. The lowest BCUT2D eigenvalue weighted by molar-refractivity contribution is -0.143. The van der Waals surface area contributed by atoms with Gasteiger partial charge < -0.3 is 9.64 Å². The van der Waals surface area contributed by atoms with Gasteiger partial charge in [-0.25, -0.2) is 0 Å². The highest BCUT2D eigenvalue weighted by Gasteiger charge is 2.40. The average molecular weight is 500 g/mol. The smallest absolute Gasteiger partial charge is 0.379 e. The first-order chi connectivity index (χ1) is 16.4. The van der Waals surface area contributed by atoms with Crippen LogP contribution < -0.4 is 0 Å². The van der Waals surface area contributed by atoms with Crippen molar-refractivity contribution in [2.75, 3.05) is 39.4 Å². The molecule has 2 heterocycles. The van der Waals surface area contributed by atoms with Crippen molar-refractivity contribution in [1.29, 1.82) is 0 Å². The molecule has 2 atom stereocenters. The van der Waals surface area contributed by atoms with Gasteiger partial charge in [-0.3, -0.25) is 9.69 Å². The first-order valence-electron chi connectivity index (χ1n) is 11.4. The predicted molar refractivity (Wildman–Crippen MR) is 117 cm³/mol. The van der Waals surface area contributed by atoms with Crippen LogP contribution in [0.15, 0.2) is 42.5 Å². The molecule has 0 unspecified atom stereocenters. The van der Waals surface area contributed by atoms with E-state index in [0.29, 0.717) is 31.8 Å². The van der Waals surface area contributed by atoms with Crippen LogP contribution in [-0.4, -0.2) is 61.1 Å². The Labute approximate surface area is 199 Å². The zero-order chi connectivity index (χ0) is 25.4.